The molecule has 13 heteroatoms. The van der Waals surface area contributed by atoms with Crippen LogP contribution >= 0.6 is 69.6 Å². The number of ether oxygens (including phenoxy) is 1. The van der Waals surface area contributed by atoms with E-state index in [0.717, 1.165) is 0 Å². The highest BCUT2D eigenvalue weighted by atomic mass is 35.5. The fourth-order valence-corrected chi connectivity index (χ4v) is 4.39. The number of nitrogens with zero attached hydrogens (tertiary/aromatic N) is 2. The molecule has 6 nitrogen and oxygen atoms in total. The summed E-state index contributed by atoms with van der Waals surface area (Å²) in [6.45, 7) is -0.00656. The van der Waals surface area contributed by atoms with Gasteiger partial charge in [-0.3, -0.25) is 9.48 Å². The van der Waals surface area contributed by atoms with Gasteiger partial charge in [0, 0.05) is 11.8 Å². The van der Waals surface area contributed by atoms with Gasteiger partial charge in [0.25, 0.3) is 5.91 Å². The molecule has 0 saturated carbocycles. The number of rotatable bonds is 7. The molecule has 4 aromatic rings. The van der Waals surface area contributed by atoms with Crippen molar-refractivity contribution < 1.29 is 18.3 Å². The summed E-state index contributed by atoms with van der Waals surface area (Å²) < 4.78 is 26.4. The molecule has 0 fully saturated rings. The molecule has 2 aromatic heterocycles. The summed E-state index contributed by atoms with van der Waals surface area (Å²) in [5.41, 5.74) is 0.420. The Morgan fingerprint density at radius 1 is 0.971 bits per heavy atom. The molecule has 0 atom stereocenters. The molecule has 1 amide bonds. The van der Waals surface area contributed by atoms with Crippen molar-refractivity contribution in [1.82, 2.24) is 9.78 Å². The van der Waals surface area contributed by atoms with Crippen LogP contribution in [0.3, 0.4) is 0 Å². The average Bonchev–Trinajstić information content (AvgIpc) is 3.44. The number of carbonyl (C=O) groups is 1. The first-order valence-electron chi connectivity index (χ1n) is 9.66. The smallest absolute Gasteiger partial charge is 0.292 e. The molecular weight excluding hydrogens is 586 g/mol. The lowest BCUT2D eigenvalue weighted by Gasteiger charge is -2.12. The molecule has 35 heavy (non-hydrogen) atoms. The van der Waals surface area contributed by atoms with Crippen molar-refractivity contribution in [3.8, 4) is 5.75 Å². The molecule has 0 saturated heterocycles. The van der Waals surface area contributed by atoms with Crippen molar-refractivity contribution in [3.63, 3.8) is 0 Å². The summed E-state index contributed by atoms with van der Waals surface area (Å²) in [7, 11) is 0. The van der Waals surface area contributed by atoms with Crippen LogP contribution in [0.2, 0.25) is 30.1 Å². The number of aromatic nitrogens is 2. The maximum Gasteiger partial charge on any atom is 0.292 e. The van der Waals surface area contributed by atoms with Gasteiger partial charge in [-0.15, -0.1) is 0 Å². The zero-order chi connectivity index (χ0) is 25.3. The van der Waals surface area contributed by atoms with E-state index in [1.54, 1.807) is 18.2 Å². The molecule has 2 heterocycles. The van der Waals surface area contributed by atoms with Crippen LogP contribution < -0.4 is 10.1 Å². The lowest BCUT2D eigenvalue weighted by molar-refractivity contribution is 0.0992. The Hall–Kier alpha value is -2.13. The molecule has 0 bridgehead atoms. The molecule has 4 rings (SSSR count). The number of hydrogen-bond donors (Lipinski definition) is 1. The Bertz CT molecular complexity index is 1390. The molecule has 2 aromatic carbocycles. The van der Waals surface area contributed by atoms with Crippen molar-refractivity contribution in [2.24, 2.45) is 0 Å². The molecule has 0 aliphatic rings. The van der Waals surface area contributed by atoms with Crippen molar-refractivity contribution in [3.05, 3.63) is 95.6 Å². The minimum Gasteiger partial charge on any atom is -0.482 e. The van der Waals surface area contributed by atoms with Gasteiger partial charge >= 0.3 is 0 Å². The molecule has 0 aliphatic heterocycles. The number of benzene rings is 2. The van der Waals surface area contributed by atoms with Crippen molar-refractivity contribution >= 4 is 81.3 Å². The highest BCUT2D eigenvalue weighted by molar-refractivity contribution is 6.55. The van der Waals surface area contributed by atoms with Gasteiger partial charge in [-0.1, -0.05) is 87.8 Å². The lowest BCUT2D eigenvalue weighted by Crippen LogP contribution is -2.12. The first-order valence-corrected chi connectivity index (χ1v) is 11.9. The topological polar surface area (TPSA) is 69.3 Å². The van der Waals surface area contributed by atoms with E-state index in [9.17, 15) is 9.18 Å². The molecule has 0 unspecified atom stereocenters. The molecule has 1 N–H and O–H groups in total. The summed E-state index contributed by atoms with van der Waals surface area (Å²) >= 11 is 36.5. The Morgan fingerprint density at radius 3 is 2.31 bits per heavy atom. The predicted octanol–water partition coefficient (Wildman–Crippen LogP) is 8.42. The van der Waals surface area contributed by atoms with Crippen LogP contribution in [0.25, 0.3) is 0 Å². The predicted molar refractivity (Wildman–Crippen MR) is 135 cm³/mol. The third-order valence-electron chi connectivity index (χ3n) is 4.65. The summed E-state index contributed by atoms with van der Waals surface area (Å²) in [6.07, 6.45) is 1.47. The van der Waals surface area contributed by atoms with Crippen LogP contribution in [0.15, 0.2) is 47.0 Å². The number of amides is 1. The van der Waals surface area contributed by atoms with Crippen LogP contribution in [-0.2, 0) is 13.2 Å². The van der Waals surface area contributed by atoms with E-state index >= 15 is 0 Å². The lowest BCUT2D eigenvalue weighted by atomic mass is 10.2. The maximum absolute atomic E-state index is 13.9. The number of anilines is 1. The molecule has 0 radical (unpaired) electrons. The molecule has 0 spiro atoms. The van der Waals surface area contributed by atoms with Gasteiger partial charge in [0.05, 0.1) is 21.6 Å². The van der Waals surface area contributed by atoms with Crippen LogP contribution in [-0.4, -0.2) is 15.7 Å². The first-order chi connectivity index (χ1) is 16.7. The number of halogens is 7. The van der Waals surface area contributed by atoms with Gasteiger partial charge in [-0.25, -0.2) is 4.39 Å². The van der Waals surface area contributed by atoms with Gasteiger partial charge in [0.1, 0.15) is 33.3 Å². The second-order valence-electron chi connectivity index (χ2n) is 7.02. The summed E-state index contributed by atoms with van der Waals surface area (Å²) in [4.78, 5) is 12.6. The Morgan fingerprint density at radius 2 is 1.63 bits per heavy atom. The fraction of sp³-hybridized carbons (Fsp3) is 0.0909. The molecule has 182 valence electrons. The number of furan rings is 1. The SMILES string of the molecule is O=C(Nc1nn(Cc2ccccc2F)cc1Cl)c1ccc(COc2c(Cl)c(Cl)c(Cl)c(Cl)c2Cl)o1. The van der Waals surface area contributed by atoms with E-state index in [1.165, 1.54) is 29.1 Å². The zero-order valence-corrected chi connectivity index (χ0v) is 21.8. The molecular formula is C22H12Cl6FN3O3. The largest absolute Gasteiger partial charge is 0.482 e. The van der Waals surface area contributed by atoms with Crippen LogP contribution in [0.5, 0.6) is 5.75 Å². The van der Waals surface area contributed by atoms with Gasteiger partial charge in [0.15, 0.2) is 17.3 Å². The van der Waals surface area contributed by atoms with Gasteiger partial charge in [-0.05, 0) is 18.2 Å². The summed E-state index contributed by atoms with van der Waals surface area (Å²) in [5.74, 6) is -0.634. The molecule has 0 aliphatic carbocycles. The number of carbonyl (C=O) groups excluding carboxylic acids is 1. The third-order valence-corrected chi connectivity index (χ3v) is 7.17. The second kappa shape index (κ2) is 10.9. The van der Waals surface area contributed by atoms with Crippen LogP contribution in [0.1, 0.15) is 21.9 Å². The second-order valence-corrected chi connectivity index (χ2v) is 9.32. The Labute approximate surface area is 228 Å². The quantitative estimate of drug-likeness (QED) is 0.171. The van der Waals surface area contributed by atoms with E-state index < -0.39 is 5.91 Å². The minimum absolute atomic E-state index is 0.00245. The normalized spacial score (nSPS) is 11.1. The highest BCUT2D eigenvalue weighted by Crippen LogP contribution is 2.48. The van der Waals surface area contributed by atoms with Crippen LogP contribution in [0.4, 0.5) is 10.2 Å². The first kappa shape index (κ1) is 25.9. The number of hydrogen-bond acceptors (Lipinski definition) is 4. The van der Waals surface area contributed by atoms with Gasteiger partial charge < -0.3 is 14.5 Å². The van der Waals surface area contributed by atoms with Crippen LogP contribution in [0, 0.1) is 5.82 Å². The van der Waals surface area contributed by atoms with E-state index in [2.05, 4.69) is 10.4 Å². The van der Waals surface area contributed by atoms with E-state index in [4.69, 9.17) is 78.8 Å². The minimum atomic E-state index is -0.608. The Kier molecular flexibility index (Phi) is 8.06. The van der Waals surface area contributed by atoms with Crippen molar-refractivity contribution in [2.45, 2.75) is 13.2 Å². The van der Waals surface area contributed by atoms with E-state index in [1.807, 2.05) is 0 Å². The standard InChI is InChI=1S/C22H12Cl6FN3O3/c23-12-8-32(7-10-3-1-2-4-13(10)29)31-21(12)30-22(33)14-6-5-11(35-14)9-34-20-18(27)16(25)15(24)17(26)19(20)28/h1-6,8H,7,9H2,(H,30,31,33). The fourth-order valence-electron chi connectivity index (χ4n) is 2.97. The maximum atomic E-state index is 13.9. The van der Waals surface area contributed by atoms with Crippen molar-refractivity contribution in [1.29, 1.82) is 0 Å². The number of nitrogens with one attached hydrogen (secondary N) is 1. The average molecular weight is 598 g/mol. The van der Waals surface area contributed by atoms with E-state index in [0.29, 0.717) is 5.56 Å². The Balaban J connectivity index is 1.42. The zero-order valence-electron chi connectivity index (χ0n) is 17.2. The van der Waals surface area contributed by atoms with Crippen molar-refractivity contribution in [2.75, 3.05) is 5.32 Å². The highest BCUT2D eigenvalue weighted by Gasteiger charge is 2.22. The third kappa shape index (κ3) is 5.66. The van der Waals surface area contributed by atoms with E-state index in [-0.39, 0.29) is 72.2 Å². The van der Waals surface area contributed by atoms with Gasteiger partial charge in [0.2, 0.25) is 0 Å². The monoisotopic (exact) mass is 595 g/mol. The summed E-state index contributed by atoms with van der Waals surface area (Å²) in [6, 6.07) is 9.23. The summed E-state index contributed by atoms with van der Waals surface area (Å²) in [5, 5.41) is 6.86. The van der Waals surface area contributed by atoms with Gasteiger partial charge in [-0.2, -0.15) is 5.10 Å².